The Kier molecular flexibility index (Phi) is 4.78. The van der Waals surface area contributed by atoms with E-state index >= 15 is 0 Å². The molecule has 1 atom stereocenters. The molecule has 4 nitrogen and oxygen atoms in total. The lowest BCUT2D eigenvalue weighted by Crippen LogP contribution is -2.27. The Morgan fingerprint density at radius 3 is 2.94 bits per heavy atom. The van der Waals surface area contributed by atoms with Crippen LogP contribution >= 0.6 is 0 Å². The number of imidazole rings is 1. The molecule has 1 unspecified atom stereocenters. The molecule has 0 radical (unpaired) electrons. The summed E-state index contributed by atoms with van der Waals surface area (Å²) in [7, 11) is 1.79. The van der Waals surface area contributed by atoms with Gasteiger partial charge >= 0.3 is 0 Å². The number of rotatable bonds is 6. The lowest BCUT2D eigenvalue weighted by molar-refractivity contribution is 0.147. The molecule has 0 amide bonds. The fourth-order valence-corrected chi connectivity index (χ4v) is 2.88. The summed E-state index contributed by atoms with van der Waals surface area (Å²) in [5.41, 5.74) is 2.68. The Balaban J connectivity index is 2.35. The number of hydrogen-bond donors (Lipinski definition) is 1. The van der Waals surface area contributed by atoms with Gasteiger partial charge in [-0.2, -0.15) is 0 Å². The van der Waals surface area contributed by atoms with E-state index in [4.69, 9.17) is 9.72 Å². The molecular formula is C14H25N3O. The van der Waals surface area contributed by atoms with E-state index in [1.807, 2.05) is 0 Å². The van der Waals surface area contributed by atoms with Crippen molar-refractivity contribution >= 4 is 0 Å². The lowest BCUT2D eigenvalue weighted by Gasteiger charge is -2.24. The van der Waals surface area contributed by atoms with Gasteiger partial charge in [-0.05, 0) is 6.42 Å². The molecule has 0 fully saturated rings. The molecule has 1 N–H and O–H groups in total. The van der Waals surface area contributed by atoms with E-state index in [0.29, 0.717) is 6.04 Å². The Bertz CT molecular complexity index is 381. The molecule has 2 heterocycles. The molecule has 0 aliphatic carbocycles. The summed E-state index contributed by atoms with van der Waals surface area (Å²) < 4.78 is 7.87. The zero-order valence-electron chi connectivity index (χ0n) is 11.8. The first-order chi connectivity index (χ1) is 8.81. The third-order valence-electron chi connectivity index (χ3n) is 3.66. The van der Waals surface area contributed by atoms with Gasteiger partial charge < -0.3 is 14.6 Å². The molecule has 1 aliphatic heterocycles. The molecular weight excluding hydrogens is 226 g/mol. The largest absolute Gasteiger partial charge is 0.383 e. The second kappa shape index (κ2) is 6.34. The lowest BCUT2D eigenvalue weighted by atomic mass is 10.1. The second-order valence-corrected chi connectivity index (χ2v) is 4.97. The van der Waals surface area contributed by atoms with Crippen molar-refractivity contribution in [3.8, 4) is 0 Å². The molecule has 4 heteroatoms. The van der Waals surface area contributed by atoms with E-state index in [2.05, 4.69) is 23.7 Å². The van der Waals surface area contributed by atoms with E-state index in [9.17, 15) is 0 Å². The van der Waals surface area contributed by atoms with E-state index in [0.717, 1.165) is 39.0 Å². The van der Waals surface area contributed by atoms with Gasteiger partial charge in [0.1, 0.15) is 5.82 Å². The fourth-order valence-electron chi connectivity index (χ4n) is 2.88. The van der Waals surface area contributed by atoms with Crippen molar-refractivity contribution in [2.75, 3.05) is 20.3 Å². The predicted molar refractivity (Wildman–Crippen MR) is 72.8 cm³/mol. The van der Waals surface area contributed by atoms with Gasteiger partial charge in [0.15, 0.2) is 0 Å². The van der Waals surface area contributed by atoms with Gasteiger partial charge in [-0.15, -0.1) is 0 Å². The molecule has 18 heavy (non-hydrogen) atoms. The van der Waals surface area contributed by atoms with Gasteiger partial charge in [0, 0.05) is 38.7 Å². The van der Waals surface area contributed by atoms with Crippen molar-refractivity contribution in [2.24, 2.45) is 0 Å². The molecule has 2 rings (SSSR count). The van der Waals surface area contributed by atoms with Crippen molar-refractivity contribution in [1.82, 2.24) is 14.9 Å². The Morgan fingerprint density at radius 1 is 1.44 bits per heavy atom. The van der Waals surface area contributed by atoms with E-state index in [-0.39, 0.29) is 0 Å². The van der Waals surface area contributed by atoms with Crippen molar-refractivity contribution in [2.45, 2.75) is 52.1 Å². The summed E-state index contributed by atoms with van der Waals surface area (Å²) in [6.45, 7) is 7.19. The van der Waals surface area contributed by atoms with Gasteiger partial charge in [-0.25, -0.2) is 4.98 Å². The predicted octanol–water partition coefficient (Wildman–Crippen LogP) is 2.08. The second-order valence-electron chi connectivity index (χ2n) is 4.97. The van der Waals surface area contributed by atoms with Gasteiger partial charge in [0.25, 0.3) is 0 Å². The average molecular weight is 251 g/mol. The van der Waals surface area contributed by atoms with Crippen molar-refractivity contribution < 1.29 is 4.74 Å². The summed E-state index contributed by atoms with van der Waals surface area (Å²) in [4.78, 5) is 4.80. The van der Waals surface area contributed by atoms with Crippen molar-refractivity contribution in [1.29, 1.82) is 0 Å². The molecule has 1 aromatic rings. The zero-order valence-corrected chi connectivity index (χ0v) is 11.8. The molecule has 102 valence electrons. The van der Waals surface area contributed by atoms with Crippen LogP contribution in [0.25, 0.3) is 0 Å². The van der Waals surface area contributed by atoms with Crippen LogP contribution in [0.1, 0.15) is 49.9 Å². The number of aromatic nitrogens is 2. The number of methoxy groups -OCH3 is 1. The van der Waals surface area contributed by atoms with Crippen LogP contribution in [-0.4, -0.2) is 29.8 Å². The Labute approximate surface area is 110 Å². The molecule has 0 spiro atoms. The van der Waals surface area contributed by atoms with Crippen molar-refractivity contribution in [3.63, 3.8) is 0 Å². The highest BCUT2D eigenvalue weighted by Crippen LogP contribution is 2.24. The summed E-state index contributed by atoms with van der Waals surface area (Å²) in [5.74, 6) is 1.22. The van der Waals surface area contributed by atoms with Crippen LogP contribution in [0.4, 0.5) is 0 Å². The van der Waals surface area contributed by atoms with Crippen LogP contribution in [0.3, 0.4) is 0 Å². The van der Waals surface area contributed by atoms with Crippen LogP contribution in [0.2, 0.25) is 0 Å². The minimum absolute atomic E-state index is 0.448. The molecule has 1 aliphatic rings. The standard InChI is InChI=1S/C14H25N3O/c1-4-6-11(10-18-3)17-13-7-8-15-9-12(13)16-14(17)5-2/h11,15H,4-10H2,1-3H3. The Morgan fingerprint density at radius 2 is 2.28 bits per heavy atom. The van der Waals surface area contributed by atoms with Gasteiger partial charge in [-0.3, -0.25) is 0 Å². The topological polar surface area (TPSA) is 39.1 Å². The minimum Gasteiger partial charge on any atom is -0.383 e. The number of fused-ring (bicyclic) bond motifs is 1. The molecule has 0 aromatic carbocycles. The third kappa shape index (κ3) is 2.59. The summed E-state index contributed by atoms with van der Waals surface area (Å²) in [5, 5.41) is 3.40. The third-order valence-corrected chi connectivity index (χ3v) is 3.66. The fraction of sp³-hybridized carbons (Fsp3) is 0.786. The van der Waals surface area contributed by atoms with Crippen LogP contribution in [0.15, 0.2) is 0 Å². The van der Waals surface area contributed by atoms with Crippen molar-refractivity contribution in [3.05, 3.63) is 17.2 Å². The molecule has 0 saturated carbocycles. The normalized spacial score (nSPS) is 16.6. The van der Waals surface area contributed by atoms with E-state index < -0.39 is 0 Å². The van der Waals surface area contributed by atoms with E-state index in [1.165, 1.54) is 23.6 Å². The zero-order chi connectivity index (χ0) is 13.0. The molecule has 0 bridgehead atoms. The number of nitrogens with zero attached hydrogens (tertiary/aromatic N) is 2. The van der Waals surface area contributed by atoms with Crippen LogP contribution < -0.4 is 5.32 Å². The minimum atomic E-state index is 0.448. The number of ether oxygens (including phenoxy) is 1. The summed E-state index contributed by atoms with van der Waals surface area (Å²) >= 11 is 0. The van der Waals surface area contributed by atoms with Gasteiger partial charge in [0.2, 0.25) is 0 Å². The number of nitrogens with one attached hydrogen (secondary N) is 1. The molecule has 0 saturated heterocycles. The maximum absolute atomic E-state index is 5.41. The maximum Gasteiger partial charge on any atom is 0.109 e. The first-order valence-corrected chi connectivity index (χ1v) is 7.10. The Hall–Kier alpha value is -0.870. The molecule has 1 aromatic heterocycles. The highest BCUT2D eigenvalue weighted by atomic mass is 16.5. The van der Waals surface area contributed by atoms with Gasteiger partial charge in [-0.1, -0.05) is 20.3 Å². The van der Waals surface area contributed by atoms with Crippen LogP contribution in [0, 0.1) is 0 Å². The highest BCUT2D eigenvalue weighted by molar-refractivity contribution is 5.21. The monoisotopic (exact) mass is 251 g/mol. The number of hydrogen-bond acceptors (Lipinski definition) is 3. The maximum atomic E-state index is 5.41. The first kappa shape index (κ1) is 13.6. The van der Waals surface area contributed by atoms with Crippen LogP contribution in [0.5, 0.6) is 0 Å². The summed E-state index contributed by atoms with van der Waals surface area (Å²) in [6.07, 6.45) is 4.43. The average Bonchev–Trinajstić information content (AvgIpc) is 2.76. The van der Waals surface area contributed by atoms with E-state index in [1.54, 1.807) is 7.11 Å². The smallest absolute Gasteiger partial charge is 0.109 e. The number of aryl methyl sites for hydroxylation is 1. The highest BCUT2D eigenvalue weighted by Gasteiger charge is 2.23. The quantitative estimate of drug-likeness (QED) is 0.841. The van der Waals surface area contributed by atoms with Crippen LogP contribution in [-0.2, 0) is 24.1 Å². The summed E-state index contributed by atoms with van der Waals surface area (Å²) in [6, 6.07) is 0.448. The SMILES string of the molecule is CCCC(COC)n1c(CC)nc2c1CCNC2. The van der Waals surface area contributed by atoms with Gasteiger partial charge in [0.05, 0.1) is 18.3 Å². The first-order valence-electron chi connectivity index (χ1n) is 7.10.